The fourth-order valence-electron chi connectivity index (χ4n) is 2.15. The van der Waals surface area contributed by atoms with Gasteiger partial charge >= 0.3 is 0 Å². The Bertz CT molecular complexity index is 544. The molecule has 1 amide bonds. The van der Waals surface area contributed by atoms with Gasteiger partial charge in [0.2, 0.25) is 5.91 Å². The van der Waals surface area contributed by atoms with Crippen molar-refractivity contribution in [3.63, 3.8) is 0 Å². The number of para-hydroxylation sites is 1. The molecule has 1 aromatic heterocycles. The average molecular weight is 260 g/mol. The van der Waals surface area contributed by atoms with E-state index < -0.39 is 0 Å². The summed E-state index contributed by atoms with van der Waals surface area (Å²) in [6, 6.07) is 7.91. The van der Waals surface area contributed by atoms with Gasteiger partial charge in [-0.15, -0.1) is 0 Å². The van der Waals surface area contributed by atoms with Crippen LogP contribution in [0.2, 0.25) is 0 Å². The molecule has 0 radical (unpaired) electrons. The topological polar surface area (TPSA) is 68.3 Å². The number of carbonyl (C=O) groups excluding carboxylic acids is 1. The number of hydrogen-bond acceptors (Lipinski definition) is 3. The highest BCUT2D eigenvalue weighted by atomic mass is 16.3. The smallest absolute Gasteiger partial charge is 0.224 e. The minimum Gasteiger partial charge on any atom is -0.464 e. The summed E-state index contributed by atoms with van der Waals surface area (Å²) in [5, 5.41) is 4.04. The summed E-state index contributed by atoms with van der Waals surface area (Å²) in [7, 11) is 0. The van der Waals surface area contributed by atoms with Gasteiger partial charge in [0.1, 0.15) is 5.58 Å². The van der Waals surface area contributed by atoms with Crippen molar-refractivity contribution in [1.29, 1.82) is 0 Å². The molecule has 1 aromatic carbocycles. The summed E-state index contributed by atoms with van der Waals surface area (Å²) >= 11 is 0. The molecule has 3 N–H and O–H groups in total. The molecule has 4 nitrogen and oxygen atoms in total. The monoisotopic (exact) mass is 260 g/mol. The SMILES string of the molecule is CCC(CN)C(=O)NCCc1coc2ccccc12. The van der Waals surface area contributed by atoms with Crippen molar-refractivity contribution in [1.82, 2.24) is 5.32 Å². The standard InChI is InChI=1S/C15H20N2O2/c1-2-11(9-16)15(18)17-8-7-12-10-19-14-6-4-3-5-13(12)14/h3-6,10-11H,2,7-9,16H2,1H3,(H,17,18). The van der Waals surface area contributed by atoms with Gasteiger partial charge in [0.25, 0.3) is 0 Å². The Morgan fingerprint density at radius 3 is 2.95 bits per heavy atom. The molecule has 4 heteroatoms. The van der Waals surface area contributed by atoms with Crippen LogP contribution in [0, 0.1) is 5.92 Å². The van der Waals surface area contributed by atoms with E-state index in [4.69, 9.17) is 10.2 Å². The largest absolute Gasteiger partial charge is 0.464 e. The fourth-order valence-corrected chi connectivity index (χ4v) is 2.15. The number of amides is 1. The average Bonchev–Trinajstić information content (AvgIpc) is 2.84. The number of nitrogens with two attached hydrogens (primary N) is 1. The fraction of sp³-hybridized carbons (Fsp3) is 0.400. The van der Waals surface area contributed by atoms with Crippen molar-refractivity contribution < 1.29 is 9.21 Å². The lowest BCUT2D eigenvalue weighted by molar-refractivity contribution is -0.124. The lowest BCUT2D eigenvalue weighted by atomic mass is 10.1. The van der Waals surface area contributed by atoms with E-state index in [2.05, 4.69) is 5.32 Å². The predicted octanol–water partition coefficient (Wildman–Crippen LogP) is 2.08. The Kier molecular flexibility index (Phi) is 4.58. The van der Waals surface area contributed by atoms with Gasteiger partial charge in [0.15, 0.2) is 0 Å². The Labute approximate surface area is 113 Å². The van der Waals surface area contributed by atoms with Crippen molar-refractivity contribution in [2.45, 2.75) is 19.8 Å². The van der Waals surface area contributed by atoms with Gasteiger partial charge in [-0.05, 0) is 24.5 Å². The molecule has 0 fully saturated rings. The zero-order valence-electron chi connectivity index (χ0n) is 11.2. The lowest BCUT2D eigenvalue weighted by Gasteiger charge is -2.12. The van der Waals surface area contributed by atoms with Gasteiger partial charge in [-0.2, -0.15) is 0 Å². The quantitative estimate of drug-likeness (QED) is 0.835. The molecule has 1 unspecified atom stereocenters. The molecule has 1 atom stereocenters. The normalized spacial score (nSPS) is 12.5. The number of carbonyl (C=O) groups is 1. The van der Waals surface area contributed by atoms with Crippen molar-refractivity contribution in [3.05, 3.63) is 36.1 Å². The van der Waals surface area contributed by atoms with E-state index in [9.17, 15) is 4.79 Å². The minimum atomic E-state index is -0.0823. The molecular weight excluding hydrogens is 240 g/mol. The van der Waals surface area contributed by atoms with Gasteiger partial charge in [-0.1, -0.05) is 25.1 Å². The molecule has 0 saturated heterocycles. The van der Waals surface area contributed by atoms with Crippen molar-refractivity contribution in [2.24, 2.45) is 11.7 Å². The number of furan rings is 1. The first-order chi connectivity index (χ1) is 9.26. The summed E-state index contributed by atoms with van der Waals surface area (Å²) in [6.07, 6.45) is 3.30. The Balaban J connectivity index is 1.91. The van der Waals surface area contributed by atoms with Gasteiger partial charge < -0.3 is 15.5 Å². The molecule has 0 aliphatic heterocycles. The molecule has 0 saturated carbocycles. The highest BCUT2D eigenvalue weighted by molar-refractivity contribution is 5.81. The van der Waals surface area contributed by atoms with Crippen LogP contribution in [0.4, 0.5) is 0 Å². The zero-order valence-corrected chi connectivity index (χ0v) is 11.2. The number of benzene rings is 1. The maximum atomic E-state index is 11.8. The molecule has 0 spiro atoms. The molecule has 0 aliphatic rings. The van der Waals surface area contributed by atoms with Crippen LogP contribution in [0.3, 0.4) is 0 Å². The van der Waals surface area contributed by atoms with E-state index in [0.717, 1.165) is 29.4 Å². The van der Waals surface area contributed by atoms with Crippen molar-refractivity contribution in [2.75, 3.05) is 13.1 Å². The second-order valence-corrected chi connectivity index (χ2v) is 4.64. The third-order valence-corrected chi connectivity index (χ3v) is 3.40. The number of hydrogen-bond donors (Lipinski definition) is 2. The van der Waals surface area contributed by atoms with Crippen LogP contribution in [0.25, 0.3) is 11.0 Å². The van der Waals surface area contributed by atoms with Gasteiger partial charge in [0, 0.05) is 24.4 Å². The molecular formula is C15H20N2O2. The van der Waals surface area contributed by atoms with Gasteiger partial charge in [-0.3, -0.25) is 4.79 Å². The summed E-state index contributed by atoms with van der Waals surface area (Å²) in [5.41, 5.74) is 7.56. The first-order valence-electron chi connectivity index (χ1n) is 6.69. The molecule has 2 aromatic rings. The van der Waals surface area contributed by atoms with E-state index in [1.165, 1.54) is 0 Å². The molecule has 0 aliphatic carbocycles. The lowest BCUT2D eigenvalue weighted by Crippen LogP contribution is -2.35. The van der Waals surface area contributed by atoms with Crippen LogP contribution < -0.4 is 11.1 Å². The van der Waals surface area contributed by atoms with E-state index in [0.29, 0.717) is 13.1 Å². The minimum absolute atomic E-state index is 0.0396. The van der Waals surface area contributed by atoms with Crippen molar-refractivity contribution in [3.8, 4) is 0 Å². The van der Waals surface area contributed by atoms with Crippen LogP contribution >= 0.6 is 0 Å². The third-order valence-electron chi connectivity index (χ3n) is 3.40. The second-order valence-electron chi connectivity index (χ2n) is 4.64. The summed E-state index contributed by atoms with van der Waals surface area (Å²) in [5.74, 6) is -0.0427. The summed E-state index contributed by atoms with van der Waals surface area (Å²) in [4.78, 5) is 11.8. The van der Waals surface area contributed by atoms with Crippen LogP contribution in [-0.4, -0.2) is 19.0 Å². The van der Waals surface area contributed by atoms with Crippen LogP contribution in [0.15, 0.2) is 34.9 Å². The van der Waals surface area contributed by atoms with Gasteiger partial charge in [0.05, 0.1) is 6.26 Å². The van der Waals surface area contributed by atoms with E-state index >= 15 is 0 Å². The highest BCUT2D eigenvalue weighted by Gasteiger charge is 2.13. The molecule has 102 valence electrons. The molecule has 1 heterocycles. The maximum Gasteiger partial charge on any atom is 0.224 e. The van der Waals surface area contributed by atoms with E-state index in [-0.39, 0.29) is 11.8 Å². The zero-order chi connectivity index (χ0) is 13.7. The Hall–Kier alpha value is -1.81. The van der Waals surface area contributed by atoms with Crippen LogP contribution in [0.1, 0.15) is 18.9 Å². The Morgan fingerprint density at radius 1 is 1.42 bits per heavy atom. The first-order valence-corrected chi connectivity index (χ1v) is 6.69. The number of nitrogens with one attached hydrogen (secondary N) is 1. The molecule has 2 rings (SSSR count). The van der Waals surface area contributed by atoms with Crippen molar-refractivity contribution >= 4 is 16.9 Å². The second kappa shape index (κ2) is 6.38. The molecule has 0 bridgehead atoms. The maximum absolute atomic E-state index is 11.8. The number of rotatable bonds is 6. The van der Waals surface area contributed by atoms with E-state index in [1.807, 2.05) is 31.2 Å². The molecule has 19 heavy (non-hydrogen) atoms. The first kappa shape index (κ1) is 13.6. The Morgan fingerprint density at radius 2 is 2.21 bits per heavy atom. The predicted molar refractivity (Wildman–Crippen MR) is 75.8 cm³/mol. The van der Waals surface area contributed by atoms with Crippen LogP contribution in [0.5, 0.6) is 0 Å². The number of fused-ring (bicyclic) bond motifs is 1. The summed E-state index contributed by atoms with van der Waals surface area (Å²) < 4.78 is 5.46. The van der Waals surface area contributed by atoms with Gasteiger partial charge in [-0.25, -0.2) is 0 Å². The highest BCUT2D eigenvalue weighted by Crippen LogP contribution is 2.20. The summed E-state index contributed by atoms with van der Waals surface area (Å²) in [6.45, 7) is 2.98. The van der Waals surface area contributed by atoms with Crippen LogP contribution in [-0.2, 0) is 11.2 Å². The third kappa shape index (κ3) is 3.15. The van der Waals surface area contributed by atoms with E-state index in [1.54, 1.807) is 6.26 Å².